The lowest BCUT2D eigenvalue weighted by Crippen LogP contribution is -2.17. The molecule has 0 saturated heterocycles. The van der Waals surface area contributed by atoms with Gasteiger partial charge in [0.05, 0.1) is 37.3 Å². The van der Waals surface area contributed by atoms with Gasteiger partial charge in [-0.15, -0.1) is 0 Å². The third kappa shape index (κ3) is 2.81. The van der Waals surface area contributed by atoms with Crippen molar-refractivity contribution in [3.05, 3.63) is 68.7 Å². The van der Waals surface area contributed by atoms with E-state index in [1.54, 1.807) is 4.57 Å². The van der Waals surface area contributed by atoms with Gasteiger partial charge in [-0.05, 0) is 36.2 Å². The van der Waals surface area contributed by atoms with E-state index in [9.17, 15) is 4.79 Å². The van der Waals surface area contributed by atoms with Gasteiger partial charge in [0.15, 0.2) is 5.65 Å². The summed E-state index contributed by atoms with van der Waals surface area (Å²) in [5, 5.41) is 4.84. The Kier molecular flexibility index (Phi) is 4.03. The third-order valence-electron chi connectivity index (χ3n) is 5.06. The van der Waals surface area contributed by atoms with Gasteiger partial charge in [0, 0.05) is 17.7 Å². The Morgan fingerprint density at radius 2 is 2.11 bits per heavy atom. The molecule has 0 radical (unpaired) electrons. The fraction of sp³-hybridized carbons (Fsp3) is 0.263. The molecule has 1 N–H and O–H groups in total. The highest BCUT2D eigenvalue weighted by Gasteiger charge is 2.19. The highest BCUT2D eigenvalue weighted by molar-refractivity contribution is 6.28. The molecule has 0 aliphatic carbocycles. The van der Waals surface area contributed by atoms with Gasteiger partial charge in [-0.2, -0.15) is 10.1 Å². The lowest BCUT2D eigenvalue weighted by molar-refractivity contribution is 0.110. The Balaban J connectivity index is 1.47. The van der Waals surface area contributed by atoms with Crippen LogP contribution in [0.5, 0.6) is 0 Å². The van der Waals surface area contributed by atoms with E-state index >= 15 is 0 Å². The smallest absolute Gasteiger partial charge is 0.328 e. The first kappa shape index (κ1) is 17.2. The molecule has 1 aromatic carbocycles. The number of halogens is 1. The van der Waals surface area contributed by atoms with Crippen LogP contribution in [0.1, 0.15) is 22.5 Å². The number of nitrogens with one attached hydrogen (secondary N) is 1. The van der Waals surface area contributed by atoms with E-state index in [1.165, 1.54) is 11.8 Å². The largest absolute Gasteiger partial charge is 0.376 e. The molecule has 0 spiro atoms. The summed E-state index contributed by atoms with van der Waals surface area (Å²) in [5.74, 6) is 0. The zero-order chi connectivity index (χ0) is 19.3. The van der Waals surface area contributed by atoms with Gasteiger partial charge in [-0.25, -0.2) is 14.5 Å². The predicted molar refractivity (Wildman–Crippen MR) is 104 cm³/mol. The Labute approximate surface area is 164 Å². The van der Waals surface area contributed by atoms with E-state index in [2.05, 4.69) is 21.9 Å². The zero-order valence-corrected chi connectivity index (χ0v) is 15.9. The Bertz CT molecular complexity index is 1240. The van der Waals surface area contributed by atoms with Crippen LogP contribution in [0.2, 0.25) is 5.28 Å². The molecule has 1 aliphatic rings. The monoisotopic (exact) mass is 396 g/mol. The minimum absolute atomic E-state index is 0.109. The molecule has 0 amide bonds. The summed E-state index contributed by atoms with van der Waals surface area (Å²) in [7, 11) is 0. The highest BCUT2D eigenvalue weighted by Crippen LogP contribution is 2.23. The summed E-state index contributed by atoms with van der Waals surface area (Å²) >= 11 is 5.88. The third-order valence-corrected chi connectivity index (χ3v) is 5.24. The maximum Gasteiger partial charge on any atom is 0.328 e. The van der Waals surface area contributed by atoms with E-state index < -0.39 is 0 Å². The van der Waals surface area contributed by atoms with Crippen LogP contribution >= 0.6 is 11.6 Å². The number of hydrogen-bond acceptors (Lipinski definition) is 5. The normalized spacial score (nSPS) is 13.8. The number of rotatable bonds is 3. The van der Waals surface area contributed by atoms with Crippen LogP contribution in [0.25, 0.3) is 16.9 Å². The van der Waals surface area contributed by atoms with Crippen molar-refractivity contribution < 1.29 is 4.74 Å². The molecular formula is C19H17ClN6O2. The molecule has 4 aromatic rings. The number of H-pyrrole nitrogens is 1. The maximum atomic E-state index is 12.3. The molecule has 8 nitrogen and oxygen atoms in total. The quantitative estimate of drug-likeness (QED) is 0.537. The summed E-state index contributed by atoms with van der Waals surface area (Å²) < 4.78 is 9.05. The van der Waals surface area contributed by atoms with E-state index in [4.69, 9.17) is 21.4 Å². The molecule has 0 unspecified atom stereocenters. The number of imidazole rings is 1. The fourth-order valence-corrected chi connectivity index (χ4v) is 3.70. The Morgan fingerprint density at radius 1 is 1.29 bits per heavy atom. The zero-order valence-electron chi connectivity index (χ0n) is 15.1. The standard InChI is InChI=1S/C19H17ClN6O2/c1-11-14-10-28-7-6-15(14)24-26(11)13-4-2-12(3-5-13)9-25-17-16(22-19(25)27)8-21-18(20)23-17/h2-5,8H,6-7,9-10H2,1H3,(H,22,27). The number of aromatic nitrogens is 6. The lowest BCUT2D eigenvalue weighted by Gasteiger charge is -2.10. The Morgan fingerprint density at radius 3 is 2.89 bits per heavy atom. The molecular weight excluding hydrogens is 380 g/mol. The van der Waals surface area contributed by atoms with Crippen molar-refractivity contribution in [3.8, 4) is 5.69 Å². The summed E-state index contributed by atoms with van der Waals surface area (Å²) in [5.41, 5.74) is 6.14. The SMILES string of the molecule is Cc1c2c(nn1-c1ccc(Cn3c(=O)[nH]c4cnc(Cl)nc43)cc1)CCOC2. The minimum Gasteiger partial charge on any atom is -0.376 e. The molecule has 142 valence electrons. The second-order valence-electron chi connectivity index (χ2n) is 6.78. The van der Waals surface area contributed by atoms with Crippen LogP contribution < -0.4 is 5.69 Å². The molecule has 0 bridgehead atoms. The van der Waals surface area contributed by atoms with E-state index in [-0.39, 0.29) is 11.0 Å². The maximum absolute atomic E-state index is 12.3. The number of ether oxygens (including phenoxy) is 1. The highest BCUT2D eigenvalue weighted by atomic mass is 35.5. The van der Waals surface area contributed by atoms with Crippen LogP contribution in [0, 0.1) is 6.92 Å². The van der Waals surface area contributed by atoms with Crippen LogP contribution in [0.4, 0.5) is 0 Å². The van der Waals surface area contributed by atoms with Gasteiger partial charge >= 0.3 is 5.69 Å². The number of hydrogen-bond donors (Lipinski definition) is 1. The number of fused-ring (bicyclic) bond motifs is 2. The molecule has 28 heavy (non-hydrogen) atoms. The summed E-state index contributed by atoms with van der Waals surface area (Å²) in [6.45, 7) is 3.78. The van der Waals surface area contributed by atoms with Crippen LogP contribution in [-0.4, -0.2) is 35.9 Å². The molecule has 0 saturated carbocycles. The van der Waals surface area contributed by atoms with E-state index in [0.29, 0.717) is 24.3 Å². The Hall–Kier alpha value is -2.97. The fourth-order valence-electron chi connectivity index (χ4n) is 3.57. The van der Waals surface area contributed by atoms with E-state index in [1.807, 2.05) is 28.9 Å². The van der Waals surface area contributed by atoms with Crippen molar-refractivity contribution in [2.45, 2.75) is 26.5 Å². The van der Waals surface area contributed by atoms with Gasteiger partial charge < -0.3 is 9.72 Å². The number of nitrogens with zero attached hydrogens (tertiary/aromatic N) is 5. The first-order valence-corrected chi connectivity index (χ1v) is 9.33. The van der Waals surface area contributed by atoms with Crippen molar-refractivity contribution in [2.75, 3.05) is 6.61 Å². The van der Waals surface area contributed by atoms with Crippen LogP contribution in [-0.2, 0) is 24.3 Å². The topological polar surface area (TPSA) is 90.6 Å². The molecule has 9 heteroatoms. The van der Waals surface area contributed by atoms with E-state index in [0.717, 1.165) is 35.7 Å². The van der Waals surface area contributed by atoms with Gasteiger partial charge in [0.1, 0.15) is 5.52 Å². The van der Waals surface area contributed by atoms with Gasteiger partial charge in [0.2, 0.25) is 5.28 Å². The second kappa shape index (κ2) is 6.57. The molecule has 4 heterocycles. The van der Waals surface area contributed by atoms with Crippen molar-refractivity contribution in [1.29, 1.82) is 0 Å². The van der Waals surface area contributed by atoms with Gasteiger partial charge in [0.25, 0.3) is 0 Å². The first-order chi connectivity index (χ1) is 13.6. The molecule has 1 aliphatic heterocycles. The van der Waals surface area contributed by atoms with Crippen molar-refractivity contribution in [2.24, 2.45) is 0 Å². The molecule has 5 rings (SSSR count). The molecule has 0 atom stereocenters. The average molecular weight is 397 g/mol. The summed E-state index contributed by atoms with van der Waals surface area (Å²) in [6, 6.07) is 7.98. The van der Waals surface area contributed by atoms with Crippen molar-refractivity contribution in [3.63, 3.8) is 0 Å². The van der Waals surface area contributed by atoms with Gasteiger partial charge in [-0.1, -0.05) is 12.1 Å². The van der Waals surface area contributed by atoms with Crippen molar-refractivity contribution >= 4 is 22.8 Å². The molecule has 0 fully saturated rings. The summed E-state index contributed by atoms with van der Waals surface area (Å²) in [4.78, 5) is 23.1. The summed E-state index contributed by atoms with van der Waals surface area (Å²) in [6.07, 6.45) is 2.35. The number of benzene rings is 1. The predicted octanol–water partition coefficient (Wildman–Crippen LogP) is 2.39. The average Bonchev–Trinajstić information content (AvgIpc) is 3.20. The first-order valence-electron chi connectivity index (χ1n) is 8.95. The number of aromatic amines is 1. The second-order valence-corrected chi connectivity index (χ2v) is 7.12. The van der Waals surface area contributed by atoms with Crippen LogP contribution in [0.15, 0.2) is 35.3 Å². The lowest BCUT2D eigenvalue weighted by atomic mass is 10.1. The van der Waals surface area contributed by atoms with Gasteiger partial charge in [-0.3, -0.25) is 4.57 Å². The molecule has 3 aromatic heterocycles. The minimum atomic E-state index is -0.244. The van der Waals surface area contributed by atoms with Crippen molar-refractivity contribution in [1.82, 2.24) is 29.3 Å². The van der Waals surface area contributed by atoms with Crippen LogP contribution in [0.3, 0.4) is 0 Å².